The molecule has 212 valence electrons. The molecule has 0 radical (unpaired) electrons. The third-order valence-electron chi connectivity index (χ3n) is 8.23. The number of anilines is 1. The van der Waals surface area contributed by atoms with Gasteiger partial charge in [-0.05, 0) is 48.5 Å². The van der Waals surface area contributed by atoms with Gasteiger partial charge in [0, 0.05) is 38.2 Å². The zero-order chi connectivity index (χ0) is 29.8. The molecule has 0 spiro atoms. The number of rotatable bonds is 6. The van der Waals surface area contributed by atoms with Crippen molar-refractivity contribution in [2.75, 3.05) is 4.90 Å². The second-order valence-electron chi connectivity index (χ2n) is 10.5. The van der Waals surface area contributed by atoms with Crippen LogP contribution in [0, 0.1) is 22.0 Å². The molecule has 3 heterocycles. The molecular formula is C33H22ClN3O5S. The monoisotopic (exact) mass is 607 g/mol. The van der Waals surface area contributed by atoms with Crippen molar-refractivity contribution in [3.63, 3.8) is 0 Å². The van der Waals surface area contributed by atoms with Crippen LogP contribution in [0.1, 0.15) is 27.5 Å². The number of carbonyl (C=O) groups is 3. The summed E-state index contributed by atoms with van der Waals surface area (Å²) in [4.78, 5) is 58.8. The fourth-order valence-corrected chi connectivity index (χ4v) is 7.54. The smallest absolute Gasteiger partial charge is 0.275 e. The van der Waals surface area contributed by atoms with Crippen LogP contribution in [-0.4, -0.2) is 33.5 Å². The summed E-state index contributed by atoms with van der Waals surface area (Å²) in [5, 5.41) is 13.0. The molecule has 0 N–H and O–H groups in total. The lowest BCUT2D eigenvalue weighted by atomic mass is 9.82. The molecular weight excluding hydrogens is 586 g/mol. The molecule has 0 saturated carbocycles. The van der Waals surface area contributed by atoms with Crippen LogP contribution in [0.25, 0.3) is 6.08 Å². The highest BCUT2D eigenvalue weighted by atomic mass is 35.5. The first-order chi connectivity index (χ1) is 20.8. The van der Waals surface area contributed by atoms with E-state index in [9.17, 15) is 24.5 Å². The molecule has 10 heteroatoms. The largest absolute Gasteiger partial charge is 0.358 e. The minimum Gasteiger partial charge on any atom is -0.358 e. The van der Waals surface area contributed by atoms with Crippen LogP contribution in [0.15, 0.2) is 113 Å². The minimum absolute atomic E-state index is 0.167. The van der Waals surface area contributed by atoms with Gasteiger partial charge in [-0.15, -0.1) is 0 Å². The second-order valence-corrected chi connectivity index (χ2v) is 12.1. The Labute approximate surface area is 255 Å². The highest BCUT2D eigenvalue weighted by Gasteiger charge is 2.65. The first-order valence-corrected chi connectivity index (χ1v) is 14.8. The Hall–Kier alpha value is -4.73. The third kappa shape index (κ3) is 4.35. The molecule has 43 heavy (non-hydrogen) atoms. The zero-order valence-corrected chi connectivity index (χ0v) is 23.9. The van der Waals surface area contributed by atoms with Crippen molar-refractivity contribution in [2.24, 2.45) is 11.8 Å². The molecule has 2 amide bonds. The maximum Gasteiger partial charge on any atom is 0.275 e. The van der Waals surface area contributed by atoms with E-state index in [4.69, 9.17) is 11.6 Å². The molecule has 0 aliphatic carbocycles. The Bertz CT molecular complexity index is 1830. The Morgan fingerprint density at radius 1 is 0.837 bits per heavy atom. The van der Waals surface area contributed by atoms with Gasteiger partial charge >= 0.3 is 0 Å². The average Bonchev–Trinajstić information content (AvgIpc) is 3.50. The number of nitro benzene ring substituents is 1. The van der Waals surface area contributed by atoms with Gasteiger partial charge < -0.3 is 4.90 Å². The summed E-state index contributed by atoms with van der Waals surface area (Å²) >= 11 is 7.48. The van der Waals surface area contributed by atoms with Crippen molar-refractivity contribution < 1.29 is 19.3 Å². The minimum atomic E-state index is -1.03. The van der Waals surface area contributed by atoms with Gasteiger partial charge in [-0.25, -0.2) is 4.90 Å². The number of hydrogen-bond acceptors (Lipinski definition) is 7. The van der Waals surface area contributed by atoms with Crippen LogP contribution < -0.4 is 4.90 Å². The van der Waals surface area contributed by atoms with E-state index in [1.165, 1.54) is 17.8 Å². The van der Waals surface area contributed by atoms with Crippen LogP contribution in [-0.2, 0) is 9.59 Å². The van der Waals surface area contributed by atoms with Crippen molar-refractivity contribution in [1.82, 2.24) is 4.90 Å². The lowest BCUT2D eigenvalue weighted by Gasteiger charge is -2.35. The van der Waals surface area contributed by atoms with Gasteiger partial charge in [-0.2, -0.15) is 0 Å². The van der Waals surface area contributed by atoms with Gasteiger partial charge in [0.25, 0.3) is 5.69 Å². The molecule has 8 nitrogen and oxygen atoms in total. The summed E-state index contributed by atoms with van der Waals surface area (Å²) < 4.78 is 0. The number of ketones is 1. The molecule has 2 saturated heterocycles. The number of hydrogen-bond donors (Lipinski definition) is 0. The normalized spacial score (nSPS) is 21.9. The molecule has 7 rings (SSSR count). The zero-order valence-electron chi connectivity index (χ0n) is 22.4. The summed E-state index contributed by atoms with van der Waals surface area (Å²) in [5.41, 5.74) is 1.53. The number of nitrogens with zero attached hydrogens (tertiary/aromatic N) is 3. The quantitative estimate of drug-likeness (QED) is 0.103. The molecule has 0 aromatic heterocycles. The summed E-state index contributed by atoms with van der Waals surface area (Å²) in [6.45, 7) is 0. The summed E-state index contributed by atoms with van der Waals surface area (Å²) in [6, 6.07) is 25.6. The van der Waals surface area contributed by atoms with E-state index in [0.717, 1.165) is 14.7 Å². The fraction of sp³-hybridized carbons (Fsp3) is 0.121. The topological polar surface area (TPSA) is 101 Å². The number of carbonyl (C=O) groups excluding carboxylic acids is 3. The molecule has 4 atom stereocenters. The Kier molecular flexibility index (Phi) is 6.64. The molecule has 4 unspecified atom stereocenters. The first-order valence-electron chi connectivity index (χ1n) is 13.6. The van der Waals surface area contributed by atoms with E-state index in [1.54, 1.807) is 96.0 Å². The Morgan fingerprint density at radius 2 is 1.49 bits per heavy atom. The molecule has 2 fully saturated rings. The number of fused-ring (bicyclic) bond motifs is 5. The molecule has 3 aliphatic heterocycles. The van der Waals surface area contributed by atoms with E-state index < -0.39 is 40.7 Å². The van der Waals surface area contributed by atoms with Crippen molar-refractivity contribution in [1.29, 1.82) is 0 Å². The third-order valence-corrected chi connectivity index (χ3v) is 9.57. The standard InChI is InChI=1S/C33H22ClN3O5S/c34-20-11-13-22(14-12-20)43-25-16-15-24(37(41)42)26-23(25)17-18-35-29(26)27-28(30(35)31(38)19-7-3-1-4-8-19)33(40)36(32(27)39)21-9-5-2-6-10-21/h1-18,27-30H. The number of halogens is 1. The van der Waals surface area contributed by atoms with Crippen LogP contribution in [0.4, 0.5) is 11.4 Å². The molecule has 0 bridgehead atoms. The average molecular weight is 608 g/mol. The summed E-state index contributed by atoms with van der Waals surface area (Å²) in [7, 11) is 0. The van der Waals surface area contributed by atoms with Gasteiger partial charge in [0.15, 0.2) is 5.78 Å². The number of nitro groups is 1. The predicted octanol–water partition coefficient (Wildman–Crippen LogP) is 6.80. The van der Waals surface area contributed by atoms with Crippen molar-refractivity contribution in [2.45, 2.75) is 21.9 Å². The van der Waals surface area contributed by atoms with Gasteiger partial charge in [0.1, 0.15) is 6.04 Å². The highest BCUT2D eigenvalue weighted by Crippen LogP contribution is 2.56. The Balaban J connectivity index is 1.41. The first kappa shape index (κ1) is 27.1. The highest BCUT2D eigenvalue weighted by molar-refractivity contribution is 7.99. The SMILES string of the molecule is O=C(c1ccccc1)C1C2C(=O)N(c3ccccc3)C(=O)C2C2c3c([N+](=O)[O-])ccc(Sc4ccc(Cl)cc4)c3C=CN12. The van der Waals surface area contributed by atoms with E-state index in [-0.39, 0.29) is 11.5 Å². The van der Waals surface area contributed by atoms with Crippen LogP contribution in [0.5, 0.6) is 0 Å². The van der Waals surface area contributed by atoms with Gasteiger partial charge in [-0.1, -0.05) is 71.9 Å². The molecule has 4 aromatic carbocycles. The lowest BCUT2D eigenvalue weighted by molar-refractivity contribution is -0.386. The van der Waals surface area contributed by atoms with E-state index in [0.29, 0.717) is 27.4 Å². The van der Waals surface area contributed by atoms with Crippen molar-refractivity contribution in [3.05, 3.63) is 135 Å². The summed E-state index contributed by atoms with van der Waals surface area (Å²) in [6.07, 6.45) is 3.45. The number of para-hydroxylation sites is 1. The van der Waals surface area contributed by atoms with E-state index >= 15 is 0 Å². The number of Topliss-reactive ketones (excluding diaryl/α,β-unsaturated/α-hetero) is 1. The van der Waals surface area contributed by atoms with Gasteiger partial charge in [0.05, 0.1) is 34.1 Å². The Morgan fingerprint density at radius 3 is 2.16 bits per heavy atom. The summed E-state index contributed by atoms with van der Waals surface area (Å²) in [5.74, 6) is -3.34. The van der Waals surface area contributed by atoms with E-state index in [1.807, 2.05) is 12.1 Å². The maximum absolute atomic E-state index is 14.2. The molecule has 3 aliphatic rings. The number of imide groups is 1. The number of benzene rings is 4. The fourth-order valence-electron chi connectivity index (χ4n) is 6.46. The van der Waals surface area contributed by atoms with Crippen molar-refractivity contribution >= 4 is 58.4 Å². The van der Waals surface area contributed by atoms with Crippen molar-refractivity contribution in [3.8, 4) is 0 Å². The van der Waals surface area contributed by atoms with Crippen LogP contribution >= 0.6 is 23.4 Å². The van der Waals surface area contributed by atoms with E-state index in [2.05, 4.69) is 0 Å². The predicted molar refractivity (Wildman–Crippen MR) is 163 cm³/mol. The lowest BCUT2D eigenvalue weighted by Crippen LogP contribution is -2.44. The number of amides is 2. The second kappa shape index (κ2) is 10.5. The van der Waals surface area contributed by atoms with Crippen LogP contribution in [0.2, 0.25) is 5.02 Å². The van der Waals surface area contributed by atoms with Crippen LogP contribution in [0.3, 0.4) is 0 Å². The molecule has 4 aromatic rings. The van der Waals surface area contributed by atoms with Gasteiger partial charge in [-0.3, -0.25) is 24.5 Å². The maximum atomic E-state index is 14.2. The van der Waals surface area contributed by atoms with Gasteiger partial charge in [0.2, 0.25) is 11.8 Å².